The number of nitrogens with one attached hydrogen (secondary N) is 1. The third kappa shape index (κ3) is 2.93. The Labute approximate surface area is 124 Å². The van der Waals surface area contributed by atoms with E-state index >= 15 is 0 Å². The van der Waals surface area contributed by atoms with Crippen LogP contribution in [0.1, 0.15) is 29.4 Å². The molecule has 0 spiro atoms. The van der Waals surface area contributed by atoms with Crippen LogP contribution in [0.5, 0.6) is 0 Å². The predicted molar refractivity (Wildman–Crippen MR) is 68.9 cm³/mol. The maximum atomic E-state index is 13.3. The van der Waals surface area contributed by atoms with E-state index in [-0.39, 0.29) is 17.7 Å². The number of hydrogen-bond donors (Lipinski definition) is 2. The molecule has 122 valence electrons. The van der Waals surface area contributed by atoms with Crippen molar-refractivity contribution in [1.29, 1.82) is 0 Å². The molecule has 3 unspecified atom stereocenters. The summed E-state index contributed by atoms with van der Waals surface area (Å²) in [4.78, 5) is 22.6. The first kappa shape index (κ1) is 16.3. The van der Waals surface area contributed by atoms with Gasteiger partial charge in [0.05, 0.1) is 17.5 Å². The van der Waals surface area contributed by atoms with Gasteiger partial charge < -0.3 is 10.4 Å². The summed E-state index contributed by atoms with van der Waals surface area (Å²) in [6.45, 7) is 2.92. The van der Waals surface area contributed by atoms with Crippen LogP contribution in [0.25, 0.3) is 0 Å². The molecule has 1 aliphatic carbocycles. The summed E-state index contributed by atoms with van der Waals surface area (Å²) in [6.07, 6.45) is -4.63. The standard InChI is InChI=1S/C13H16F3N3O3/c1-5-9(6(2)19(3)18-5)10(13(14,15)16)17-11(20)7-4-8(7)12(21)22/h7-8,10H,4H2,1-3H3,(H,17,20)(H,21,22). The smallest absolute Gasteiger partial charge is 0.413 e. The molecule has 6 nitrogen and oxygen atoms in total. The lowest BCUT2D eigenvalue weighted by Gasteiger charge is -2.22. The molecule has 0 aromatic carbocycles. The van der Waals surface area contributed by atoms with Gasteiger partial charge in [-0.1, -0.05) is 0 Å². The van der Waals surface area contributed by atoms with Crippen LogP contribution in [0.15, 0.2) is 0 Å². The van der Waals surface area contributed by atoms with E-state index in [0.29, 0.717) is 5.69 Å². The zero-order valence-electron chi connectivity index (χ0n) is 12.2. The number of carboxylic acid groups (broad SMARTS) is 1. The number of carbonyl (C=O) groups excluding carboxylic acids is 1. The highest BCUT2D eigenvalue weighted by atomic mass is 19.4. The molecule has 1 aromatic rings. The van der Waals surface area contributed by atoms with Crippen LogP contribution in [0, 0.1) is 25.7 Å². The first-order valence-corrected chi connectivity index (χ1v) is 6.64. The predicted octanol–water partition coefficient (Wildman–Crippen LogP) is 1.48. The molecule has 1 heterocycles. The van der Waals surface area contributed by atoms with Gasteiger partial charge in [0, 0.05) is 18.3 Å². The van der Waals surface area contributed by atoms with Crippen molar-refractivity contribution < 1.29 is 27.9 Å². The molecule has 2 rings (SSSR count). The van der Waals surface area contributed by atoms with Crippen LogP contribution in [0.3, 0.4) is 0 Å². The molecule has 1 aromatic heterocycles. The second-order valence-corrected chi connectivity index (χ2v) is 5.48. The van der Waals surface area contributed by atoms with Crippen LogP contribution in [0.2, 0.25) is 0 Å². The van der Waals surface area contributed by atoms with E-state index in [0.717, 1.165) is 0 Å². The van der Waals surface area contributed by atoms with E-state index in [9.17, 15) is 22.8 Å². The Kier molecular flexibility index (Phi) is 3.92. The Morgan fingerprint density at radius 3 is 2.32 bits per heavy atom. The quantitative estimate of drug-likeness (QED) is 0.880. The number of alkyl halides is 3. The van der Waals surface area contributed by atoms with E-state index in [1.807, 2.05) is 5.32 Å². The van der Waals surface area contributed by atoms with Gasteiger partial charge in [0.15, 0.2) is 6.04 Å². The molecule has 1 fully saturated rings. The molecule has 0 aliphatic heterocycles. The minimum Gasteiger partial charge on any atom is -0.481 e. The summed E-state index contributed by atoms with van der Waals surface area (Å²) >= 11 is 0. The second kappa shape index (κ2) is 5.29. The Balaban J connectivity index is 2.25. The summed E-state index contributed by atoms with van der Waals surface area (Å²) in [7, 11) is 1.52. The summed E-state index contributed by atoms with van der Waals surface area (Å²) in [5.41, 5.74) is 0.370. The van der Waals surface area contributed by atoms with E-state index < -0.39 is 35.9 Å². The van der Waals surface area contributed by atoms with Gasteiger partial charge in [-0.25, -0.2) is 0 Å². The van der Waals surface area contributed by atoms with E-state index in [1.165, 1.54) is 25.6 Å². The number of aliphatic carboxylic acids is 1. The molecule has 9 heteroatoms. The molecule has 1 amide bonds. The number of rotatable bonds is 4. The Morgan fingerprint density at radius 2 is 1.95 bits per heavy atom. The molecule has 0 saturated heterocycles. The molecule has 0 radical (unpaired) electrons. The fraction of sp³-hybridized carbons (Fsp3) is 0.615. The highest BCUT2D eigenvalue weighted by Crippen LogP contribution is 2.41. The van der Waals surface area contributed by atoms with Crippen molar-refractivity contribution in [2.75, 3.05) is 0 Å². The normalized spacial score (nSPS) is 22.3. The number of nitrogens with zero attached hydrogens (tertiary/aromatic N) is 2. The molecule has 22 heavy (non-hydrogen) atoms. The molecule has 0 bridgehead atoms. The Bertz CT molecular complexity index is 624. The van der Waals surface area contributed by atoms with Gasteiger partial charge in [0.25, 0.3) is 0 Å². The van der Waals surface area contributed by atoms with Crippen LogP contribution in [-0.4, -0.2) is 32.9 Å². The number of halogens is 3. The van der Waals surface area contributed by atoms with Crippen molar-refractivity contribution in [1.82, 2.24) is 15.1 Å². The van der Waals surface area contributed by atoms with Crippen LogP contribution >= 0.6 is 0 Å². The highest BCUT2D eigenvalue weighted by Gasteiger charge is 2.51. The van der Waals surface area contributed by atoms with Crippen LogP contribution in [0.4, 0.5) is 13.2 Å². The molecule has 1 saturated carbocycles. The first-order valence-electron chi connectivity index (χ1n) is 6.64. The summed E-state index contributed by atoms with van der Waals surface area (Å²) in [6, 6.07) is -2.19. The lowest BCUT2D eigenvalue weighted by atomic mass is 10.0. The lowest BCUT2D eigenvalue weighted by Crippen LogP contribution is -2.40. The summed E-state index contributed by atoms with van der Waals surface area (Å²) in [5, 5.41) is 14.6. The number of carbonyl (C=O) groups is 2. The van der Waals surface area contributed by atoms with E-state index in [4.69, 9.17) is 5.11 Å². The number of aryl methyl sites for hydroxylation is 2. The van der Waals surface area contributed by atoms with Crippen molar-refractivity contribution in [2.24, 2.45) is 18.9 Å². The fourth-order valence-corrected chi connectivity index (χ4v) is 2.53. The van der Waals surface area contributed by atoms with Crippen LogP contribution in [-0.2, 0) is 16.6 Å². The average molecular weight is 319 g/mol. The monoisotopic (exact) mass is 319 g/mol. The molecule has 3 atom stereocenters. The Hall–Kier alpha value is -2.06. The largest absolute Gasteiger partial charge is 0.481 e. The van der Waals surface area contributed by atoms with Gasteiger partial charge in [-0.05, 0) is 20.3 Å². The molecular formula is C13H16F3N3O3. The lowest BCUT2D eigenvalue weighted by molar-refractivity contribution is -0.164. The fourth-order valence-electron chi connectivity index (χ4n) is 2.53. The number of carboxylic acids is 1. The minimum absolute atomic E-state index is 0.0662. The maximum absolute atomic E-state index is 13.3. The van der Waals surface area contributed by atoms with Gasteiger partial charge in [-0.2, -0.15) is 18.3 Å². The van der Waals surface area contributed by atoms with Gasteiger partial charge >= 0.3 is 12.1 Å². The number of aromatic nitrogens is 2. The zero-order chi connectivity index (χ0) is 16.8. The SMILES string of the molecule is Cc1nn(C)c(C)c1C(NC(=O)C1CC1C(=O)O)C(F)(F)F. The summed E-state index contributed by atoms with van der Waals surface area (Å²) < 4.78 is 41.2. The number of amides is 1. The Morgan fingerprint density at radius 1 is 1.36 bits per heavy atom. The third-order valence-electron chi connectivity index (χ3n) is 3.91. The third-order valence-corrected chi connectivity index (χ3v) is 3.91. The topological polar surface area (TPSA) is 84.2 Å². The minimum atomic E-state index is -4.69. The zero-order valence-corrected chi connectivity index (χ0v) is 12.2. The molecular weight excluding hydrogens is 303 g/mol. The maximum Gasteiger partial charge on any atom is 0.413 e. The second-order valence-electron chi connectivity index (χ2n) is 5.48. The highest BCUT2D eigenvalue weighted by molar-refractivity contribution is 5.89. The van der Waals surface area contributed by atoms with Crippen molar-refractivity contribution in [3.63, 3.8) is 0 Å². The molecule has 1 aliphatic rings. The van der Waals surface area contributed by atoms with Gasteiger partial charge in [-0.15, -0.1) is 0 Å². The van der Waals surface area contributed by atoms with Crippen molar-refractivity contribution >= 4 is 11.9 Å². The van der Waals surface area contributed by atoms with Crippen molar-refractivity contribution in [3.8, 4) is 0 Å². The van der Waals surface area contributed by atoms with E-state index in [2.05, 4.69) is 5.10 Å². The van der Waals surface area contributed by atoms with Gasteiger partial charge in [0.1, 0.15) is 0 Å². The van der Waals surface area contributed by atoms with Gasteiger partial charge in [0.2, 0.25) is 5.91 Å². The van der Waals surface area contributed by atoms with Crippen LogP contribution < -0.4 is 5.32 Å². The number of hydrogen-bond acceptors (Lipinski definition) is 3. The average Bonchev–Trinajstić information content (AvgIpc) is 3.12. The molecule has 2 N–H and O–H groups in total. The van der Waals surface area contributed by atoms with Crippen molar-refractivity contribution in [3.05, 3.63) is 17.0 Å². The summed E-state index contributed by atoms with van der Waals surface area (Å²) in [5.74, 6) is -3.86. The van der Waals surface area contributed by atoms with E-state index in [1.54, 1.807) is 0 Å². The first-order chi connectivity index (χ1) is 10.0. The van der Waals surface area contributed by atoms with Crippen molar-refractivity contribution in [2.45, 2.75) is 32.5 Å². The van der Waals surface area contributed by atoms with Gasteiger partial charge in [-0.3, -0.25) is 14.3 Å².